The van der Waals surface area contributed by atoms with Crippen LogP contribution in [0.15, 0.2) is 0 Å². The molecular formula is C13H26N2O. The lowest BCUT2D eigenvalue weighted by molar-refractivity contribution is -0.137. The summed E-state index contributed by atoms with van der Waals surface area (Å²) in [4.78, 5) is 14.1. The van der Waals surface area contributed by atoms with Gasteiger partial charge < -0.3 is 10.2 Å². The minimum absolute atomic E-state index is 0.115. The molecule has 0 atom stereocenters. The van der Waals surface area contributed by atoms with Crippen LogP contribution in [0.2, 0.25) is 0 Å². The number of hydrogen-bond acceptors (Lipinski definition) is 2. The van der Waals surface area contributed by atoms with Gasteiger partial charge in [0.25, 0.3) is 0 Å². The highest BCUT2D eigenvalue weighted by atomic mass is 16.2. The highest BCUT2D eigenvalue weighted by molar-refractivity contribution is 5.78. The van der Waals surface area contributed by atoms with E-state index in [2.05, 4.69) is 24.1 Å². The Morgan fingerprint density at radius 1 is 1.25 bits per heavy atom. The van der Waals surface area contributed by atoms with Crippen molar-refractivity contribution in [2.45, 2.75) is 46.6 Å². The van der Waals surface area contributed by atoms with Crippen molar-refractivity contribution in [1.82, 2.24) is 10.2 Å². The van der Waals surface area contributed by atoms with Crippen molar-refractivity contribution >= 4 is 5.91 Å². The van der Waals surface area contributed by atoms with Crippen molar-refractivity contribution in [3.05, 3.63) is 0 Å². The molecule has 0 aromatic carbocycles. The molecule has 1 rings (SSSR count). The van der Waals surface area contributed by atoms with Crippen LogP contribution in [0.1, 0.15) is 40.5 Å². The molecule has 0 radical (unpaired) electrons. The van der Waals surface area contributed by atoms with E-state index in [1.165, 1.54) is 12.8 Å². The molecule has 0 bridgehead atoms. The van der Waals surface area contributed by atoms with Crippen molar-refractivity contribution in [1.29, 1.82) is 0 Å². The summed E-state index contributed by atoms with van der Waals surface area (Å²) in [6, 6.07) is 0.324. The standard InChI is InChI=1S/C13H26N2O/c1-10(2)13(16)15(11(3)4)9-12-5-7-14-8-6-12/h10-12,14H,5-9H2,1-4H3. The average Bonchev–Trinajstić information content (AvgIpc) is 2.26. The Kier molecular flexibility index (Phi) is 5.26. The fraction of sp³-hybridized carbons (Fsp3) is 0.923. The third-order valence-corrected chi connectivity index (χ3v) is 3.31. The Balaban J connectivity index is 2.53. The molecule has 3 nitrogen and oxygen atoms in total. The molecule has 3 heteroatoms. The number of hydrogen-bond donors (Lipinski definition) is 1. The molecule has 1 aliphatic heterocycles. The molecule has 0 aromatic rings. The maximum Gasteiger partial charge on any atom is 0.225 e. The third-order valence-electron chi connectivity index (χ3n) is 3.31. The monoisotopic (exact) mass is 226 g/mol. The molecule has 0 spiro atoms. The molecule has 94 valence electrons. The lowest BCUT2D eigenvalue weighted by Crippen LogP contribution is -2.44. The number of carbonyl (C=O) groups is 1. The summed E-state index contributed by atoms with van der Waals surface area (Å²) in [5.41, 5.74) is 0. The van der Waals surface area contributed by atoms with Crippen molar-refractivity contribution in [2.75, 3.05) is 19.6 Å². The summed E-state index contributed by atoms with van der Waals surface area (Å²) in [5, 5.41) is 3.37. The van der Waals surface area contributed by atoms with Gasteiger partial charge in [0.1, 0.15) is 0 Å². The number of nitrogens with zero attached hydrogens (tertiary/aromatic N) is 1. The van der Waals surface area contributed by atoms with E-state index in [4.69, 9.17) is 0 Å². The molecule has 0 aromatic heterocycles. The van der Waals surface area contributed by atoms with Gasteiger partial charge >= 0.3 is 0 Å². The van der Waals surface area contributed by atoms with Gasteiger partial charge in [0.15, 0.2) is 0 Å². The second-order valence-electron chi connectivity index (χ2n) is 5.43. The summed E-state index contributed by atoms with van der Waals surface area (Å²) in [6.45, 7) is 11.3. The number of carbonyl (C=O) groups excluding carboxylic acids is 1. The fourth-order valence-corrected chi connectivity index (χ4v) is 2.23. The molecular weight excluding hydrogens is 200 g/mol. The van der Waals surface area contributed by atoms with Crippen LogP contribution in [0.25, 0.3) is 0 Å². The van der Waals surface area contributed by atoms with Crippen LogP contribution in [0, 0.1) is 11.8 Å². The van der Waals surface area contributed by atoms with Gasteiger partial charge in [-0.3, -0.25) is 4.79 Å². The number of nitrogens with one attached hydrogen (secondary N) is 1. The molecule has 0 saturated carbocycles. The number of amides is 1. The first-order chi connectivity index (χ1) is 7.52. The van der Waals surface area contributed by atoms with E-state index in [0.717, 1.165) is 19.6 Å². The van der Waals surface area contributed by atoms with Crippen LogP contribution in [-0.4, -0.2) is 36.5 Å². The largest absolute Gasteiger partial charge is 0.340 e. The first kappa shape index (κ1) is 13.5. The summed E-state index contributed by atoms with van der Waals surface area (Å²) >= 11 is 0. The molecule has 1 heterocycles. The third kappa shape index (κ3) is 3.78. The summed E-state index contributed by atoms with van der Waals surface area (Å²) in [5.74, 6) is 1.10. The van der Waals surface area contributed by atoms with Crippen LogP contribution in [0.3, 0.4) is 0 Å². The summed E-state index contributed by atoms with van der Waals surface area (Å²) in [7, 11) is 0. The minimum Gasteiger partial charge on any atom is -0.340 e. The van der Waals surface area contributed by atoms with Crippen molar-refractivity contribution in [2.24, 2.45) is 11.8 Å². The second-order valence-corrected chi connectivity index (χ2v) is 5.43. The summed E-state index contributed by atoms with van der Waals surface area (Å²) < 4.78 is 0. The van der Waals surface area contributed by atoms with Gasteiger partial charge in [-0.15, -0.1) is 0 Å². The lowest BCUT2D eigenvalue weighted by atomic mass is 9.96. The van der Waals surface area contributed by atoms with Gasteiger partial charge in [-0.1, -0.05) is 13.8 Å². The Labute approximate surface area is 99.6 Å². The SMILES string of the molecule is CC(C)C(=O)N(CC1CCNCC1)C(C)C. The van der Waals surface area contributed by atoms with E-state index < -0.39 is 0 Å². The molecule has 1 aliphatic rings. The highest BCUT2D eigenvalue weighted by Crippen LogP contribution is 2.16. The maximum atomic E-state index is 12.1. The van der Waals surface area contributed by atoms with Crippen LogP contribution in [0.5, 0.6) is 0 Å². The van der Waals surface area contributed by atoms with Crippen LogP contribution in [-0.2, 0) is 4.79 Å². The maximum absolute atomic E-state index is 12.1. The molecule has 1 N–H and O–H groups in total. The van der Waals surface area contributed by atoms with E-state index in [1.54, 1.807) is 0 Å². The van der Waals surface area contributed by atoms with Gasteiger partial charge in [0, 0.05) is 18.5 Å². The molecule has 1 saturated heterocycles. The Morgan fingerprint density at radius 3 is 2.25 bits per heavy atom. The van der Waals surface area contributed by atoms with E-state index in [-0.39, 0.29) is 5.92 Å². The lowest BCUT2D eigenvalue weighted by Gasteiger charge is -2.34. The molecule has 1 fully saturated rings. The first-order valence-corrected chi connectivity index (χ1v) is 6.53. The quantitative estimate of drug-likeness (QED) is 0.794. The smallest absolute Gasteiger partial charge is 0.225 e. The highest BCUT2D eigenvalue weighted by Gasteiger charge is 2.24. The summed E-state index contributed by atoms with van der Waals surface area (Å²) in [6.07, 6.45) is 2.41. The van der Waals surface area contributed by atoms with Crippen LogP contribution < -0.4 is 5.32 Å². The van der Waals surface area contributed by atoms with Crippen molar-refractivity contribution in [3.8, 4) is 0 Å². The Morgan fingerprint density at radius 2 is 1.81 bits per heavy atom. The molecule has 0 aliphatic carbocycles. The number of piperidine rings is 1. The zero-order valence-corrected chi connectivity index (χ0v) is 11.1. The Hall–Kier alpha value is -0.570. The van der Waals surface area contributed by atoms with Gasteiger partial charge in [-0.2, -0.15) is 0 Å². The molecule has 0 unspecified atom stereocenters. The molecule has 1 amide bonds. The van der Waals surface area contributed by atoms with E-state index in [9.17, 15) is 4.79 Å². The van der Waals surface area contributed by atoms with E-state index >= 15 is 0 Å². The van der Waals surface area contributed by atoms with Gasteiger partial charge in [-0.05, 0) is 45.7 Å². The van der Waals surface area contributed by atoms with Gasteiger partial charge in [-0.25, -0.2) is 0 Å². The van der Waals surface area contributed by atoms with Gasteiger partial charge in [0.05, 0.1) is 0 Å². The fourth-order valence-electron chi connectivity index (χ4n) is 2.23. The van der Waals surface area contributed by atoms with E-state index in [0.29, 0.717) is 17.9 Å². The molecule has 16 heavy (non-hydrogen) atoms. The normalized spacial score (nSPS) is 18.1. The predicted molar refractivity (Wildman–Crippen MR) is 67.3 cm³/mol. The van der Waals surface area contributed by atoms with Crippen molar-refractivity contribution in [3.63, 3.8) is 0 Å². The zero-order valence-electron chi connectivity index (χ0n) is 11.1. The topological polar surface area (TPSA) is 32.3 Å². The average molecular weight is 226 g/mol. The minimum atomic E-state index is 0.115. The number of rotatable bonds is 4. The zero-order chi connectivity index (χ0) is 12.1. The second kappa shape index (κ2) is 6.24. The Bertz CT molecular complexity index is 220. The van der Waals surface area contributed by atoms with E-state index in [1.807, 2.05) is 13.8 Å². The van der Waals surface area contributed by atoms with Gasteiger partial charge in [0.2, 0.25) is 5.91 Å². The first-order valence-electron chi connectivity index (χ1n) is 6.53. The van der Waals surface area contributed by atoms with Crippen LogP contribution in [0.4, 0.5) is 0 Å². The predicted octanol–water partition coefficient (Wildman–Crippen LogP) is 1.88. The van der Waals surface area contributed by atoms with Crippen molar-refractivity contribution < 1.29 is 4.79 Å². The van der Waals surface area contributed by atoms with Crippen LogP contribution >= 0.6 is 0 Å².